The molecule has 144 valence electrons. The van der Waals surface area contributed by atoms with Gasteiger partial charge in [-0.15, -0.1) is 0 Å². The molecular formula is C22H24FN5. The Kier molecular flexibility index (Phi) is 5.37. The van der Waals surface area contributed by atoms with Gasteiger partial charge in [-0.2, -0.15) is 5.10 Å². The van der Waals surface area contributed by atoms with Crippen LogP contribution in [0.25, 0.3) is 0 Å². The summed E-state index contributed by atoms with van der Waals surface area (Å²) in [4.78, 5) is 4.32. The summed E-state index contributed by atoms with van der Waals surface area (Å²) < 4.78 is 15.9. The molecular weight excluding hydrogens is 353 g/mol. The van der Waals surface area contributed by atoms with Crippen molar-refractivity contribution in [3.8, 4) is 0 Å². The normalized spacial score (nSPS) is 18.7. The van der Waals surface area contributed by atoms with Crippen LogP contribution in [0.3, 0.4) is 0 Å². The van der Waals surface area contributed by atoms with Crippen LogP contribution < -0.4 is 10.6 Å². The molecule has 6 heteroatoms. The van der Waals surface area contributed by atoms with Crippen LogP contribution in [0.5, 0.6) is 0 Å². The van der Waals surface area contributed by atoms with E-state index in [2.05, 4.69) is 32.9 Å². The fraction of sp³-hybridized carbons (Fsp3) is 0.273. The van der Waals surface area contributed by atoms with Crippen molar-refractivity contribution in [1.82, 2.24) is 20.4 Å². The number of hydrogen-bond donors (Lipinski definition) is 2. The van der Waals surface area contributed by atoms with Gasteiger partial charge in [-0.1, -0.05) is 42.5 Å². The molecule has 0 radical (unpaired) electrons. The lowest BCUT2D eigenvalue weighted by Gasteiger charge is -2.14. The standard InChI is InChI=1S/C22H24FN5/c1-24-22(27-21-13-19(21)18-9-4-5-10-20(18)23)25-14-16-7-2-3-8-17(16)15-28-12-6-11-26-28/h2-12,19,21H,13-15H2,1H3,(H2,24,25,27). The smallest absolute Gasteiger partial charge is 0.191 e. The van der Waals surface area contributed by atoms with Crippen molar-refractivity contribution in [3.63, 3.8) is 0 Å². The first kappa shape index (κ1) is 18.2. The number of halogens is 1. The van der Waals surface area contributed by atoms with Gasteiger partial charge in [-0.3, -0.25) is 9.67 Å². The second-order valence-electron chi connectivity index (χ2n) is 7.01. The first-order chi connectivity index (χ1) is 13.7. The average molecular weight is 377 g/mol. The molecule has 2 aromatic carbocycles. The van der Waals surface area contributed by atoms with Crippen molar-refractivity contribution >= 4 is 5.96 Å². The molecule has 4 rings (SSSR count). The third-order valence-corrected chi connectivity index (χ3v) is 5.10. The molecule has 2 unspecified atom stereocenters. The van der Waals surface area contributed by atoms with Crippen molar-refractivity contribution in [2.24, 2.45) is 4.99 Å². The minimum atomic E-state index is -0.132. The Bertz CT molecular complexity index is 951. The van der Waals surface area contributed by atoms with E-state index in [-0.39, 0.29) is 17.8 Å². The molecule has 0 saturated heterocycles. The molecule has 5 nitrogen and oxygen atoms in total. The maximum atomic E-state index is 14.0. The summed E-state index contributed by atoms with van der Waals surface area (Å²) in [6.07, 6.45) is 4.66. The topological polar surface area (TPSA) is 54.2 Å². The number of nitrogens with zero attached hydrogens (tertiary/aromatic N) is 3. The molecule has 1 heterocycles. The molecule has 0 spiro atoms. The van der Waals surface area contributed by atoms with Crippen molar-refractivity contribution in [2.45, 2.75) is 31.5 Å². The number of nitrogens with one attached hydrogen (secondary N) is 2. The van der Waals surface area contributed by atoms with E-state index >= 15 is 0 Å². The summed E-state index contributed by atoms with van der Waals surface area (Å²) in [5.74, 6) is 0.803. The van der Waals surface area contributed by atoms with Crippen LogP contribution in [0.15, 0.2) is 72.0 Å². The summed E-state index contributed by atoms with van der Waals surface area (Å²) in [6, 6.07) is 17.4. The van der Waals surface area contributed by atoms with Gasteiger partial charge in [0.2, 0.25) is 0 Å². The fourth-order valence-electron chi connectivity index (χ4n) is 3.48. The van der Waals surface area contributed by atoms with E-state index in [1.807, 2.05) is 41.2 Å². The number of rotatable bonds is 6. The zero-order chi connectivity index (χ0) is 19.3. The van der Waals surface area contributed by atoms with Crippen LogP contribution in [0.2, 0.25) is 0 Å². The van der Waals surface area contributed by atoms with E-state index in [0.29, 0.717) is 6.54 Å². The highest BCUT2D eigenvalue weighted by Crippen LogP contribution is 2.41. The monoisotopic (exact) mass is 377 g/mol. The van der Waals surface area contributed by atoms with Crippen molar-refractivity contribution in [2.75, 3.05) is 7.05 Å². The van der Waals surface area contributed by atoms with Crippen LogP contribution >= 0.6 is 0 Å². The van der Waals surface area contributed by atoms with Crippen LogP contribution in [0, 0.1) is 5.82 Å². The molecule has 28 heavy (non-hydrogen) atoms. The maximum Gasteiger partial charge on any atom is 0.191 e. The number of guanidine groups is 1. The van der Waals surface area contributed by atoms with Gasteiger partial charge < -0.3 is 10.6 Å². The van der Waals surface area contributed by atoms with Gasteiger partial charge in [-0.05, 0) is 35.2 Å². The quantitative estimate of drug-likeness (QED) is 0.512. The highest BCUT2D eigenvalue weighted by Gasteiger charge is 2.40. The molecule has 1 aromatic heterocycles. The molecule has 2 N–H and O–H groups in total. The number of hydrogen-bond acceptors (Lipinski definition) is 2. The Morgan fingerprint density at radius 2 is 1.93 bits per heavy atom. The first-order valence-electron chi connectivity index (χ1n) is 9.50. The van der Waals surface area contributed by atoms with Gasteiger partial charge in [0, 0.05) is 37.9 Å². The maximum absolute atomic E-state index is 14.0. The summed E-state index contributed by atoms with van der Waals surface area (Å²) in [5, 5.41) is 11.1. The van der Waals surface area contributed by atoms with E-state index < -0.39 is 0 Å². The van der Waals surface area contributed by atoms with Crippen LogP contribution in [0.4, 0.5) is 4.39 Å². The van der Waals surface area contributed by atoms with Gasteiger partial charge in [0.25, 0.3) is 0 Å². The molecule has 1 fully saturated rings. The predicted molar refractivity (Wildman–Crippen MR) is 109 cm³/mol. The first-order valence-corrected chi connectivity index (χ1v) is 9.50. The average Bonchev–Trinajstić information content (AvgIpc) is 3.28. The zero-order valence-corrected chi connectivity index (χ0v) is 15.8. The van der Waals surface area contributed by atoms with E-state index in [0.717, 1.165) is 24.5 Å². The molecule has 0 amide bonds. The third-order valence-electron chi connectivity index (χ3n) is 5.10. The van der Waals surface area contributed by atoms with E-state index in [1.54, 1.807) is 19.3 Å². The summed E-state index contributed by atoms with van der Waals surface area (Å²) >= 11 is 0. The lowest BCUT2D eigenvalue weighted by Crippen LogP contribution is -2.38. The van der Waals surface area contributed by atoms with Gasteiger partial charge >= 0.3 is 0 Å². The van der Waals surface area contributed by atoms with Gasteiger partial charge in [0.15, 0.2) is 5.96 Å². The fourth-order valence-corrected chi connectivity index (χ4v) is 3.48. The van der Waals surface area contributed by atoms with Crippen LogP contribution in [-0.2, 0) is 13.1 Å². The third kappa shape index (κ3) is 4.22. The Balaban J connectivity index is 1.35. The Morgan fingerprint density at radius 3 is 2.68 bits per heavy atom. The van der Waals surface area contributed by atoms with Crippen LogP contribution in [-0.4, -0.2) is 28.8 Å². The predicted octanol–water partition coefficient (Wildman–Crippen LogP) is 3.29. The summed E-state index contributed by atoms with van der Waals surface area (Å²) in [5.41, 5.74) is 3.19. The molecule has 1 aliphatic rings. The van der Waals surface area contributed by atoms with E-state index in [4.69, 9.17) is 0 Å². The summed E-state index contributed by atoms with van der Waals surface area (Å²) in [7, 11) is 1.76. The minimum Gasteiger partial charge on any atom is -0.353 e. The zero-order valence-electron chi connectivity index (χ0n) is 15.8. The molecule has 1 aliphatic carbocycles. The van der Waals surface area contributed by atoms with Crippen molar-refractivity contribution in [1.29, 1.82) is 0 Å². The highest BCUT2D eigenvalue weighted by molar-refractivity contribution is 5.80. The SMILES string of the molecule is CN=C(NCc1ccccc1Cn1cccn1)NC1CC1c1ccccc1F. The molecule has 0 aliphatic heterocycles. The molecule has 2 atom stereocenters. The highest BCUT2D eigenvalue weighted by atomic mass is 19.1. The molecule has 3 aromatic rings. The van der Waals surface area contributed by atoms with E-state index in [9.17, 15) is 4.39 Å². The number of benzene rings is 2. The largest absolute Gasteiger partial charge is 0.353 e. The Hall–Kier alpha value is -3.15. The minimum absolute atomic E-state index is 0.132. The Morgan fingerprint density at radius 1 is 1.14 bits per heavy atom. The number of aliphatic imine (C=N–C) groups is 1. The van der Waals surface area contributed by atoms with E-state index in [1.165, 1.54) is 17.2 Å². The van der Waals surface area contributed by atoms with Gasteiger partial charge in [0.05, 0.1) is 6.54 Å². The Labute approximate surface area is 164 Å². The van der Waals surface area contributed by atoms with Crippen molar-refractivity contribution in [3.05, 3.63) is 89.5 Å². The molecule has 1 saturated carbocycles. The second-order valence-corrected chi connectivity index (χ2v) is 7.01. The second kappa shape index (κ2) is 8.25. The van der Waals surface area contributed by atoms with Crippen LogP contribution in [0.1, 0.15) is 29.0 Å². The summed E-state index contributed by atoms with van der Waals surface area (Å²) in [6.45, 7) is 1.39. The van der Waals surface area contributed by atoms with Gasteiger partial charge in [-0.25, -0.2) is 4.39 Å². The van der Waals surface area contributed by atoms with Crippen molar-refractivity contribution < 1.29 is 4.39 Å². The number of aromatic nitrogens is 2. The molecule has 0 bridgehead atoms. The van der Waals surface area contributed by atoms with Gasteiger partial charge in [0.1, 0.15) is 5.82 Å². The lowest BCUT2D eigenvalue weighted by atomic mass is 10.1. The lowest BCUT2D eigenvalue weighted by molar-refractivity contribution is 0.607.